The number of hydrogen-bond acceptors (Lipinski definition) is 6. The van der Waals surface area contributed by atoms with Gasteiger partial charge in [0.2, 0.25) is 0 Å². The van der Waals surface area contributed by atoms with Gasteiger partial charge < -0.3 is 14.6 Å². The first kappa shape index (κ1) is 23.0. The van der Waals surface area contributed by atoms with Gasteiger partial charge in [-0.1, -0.05) is 40.2 Å². The Balaban J connectivity index is 1.50. The summed E-state index contributed by atoms with van der Waals surface area (Å²) in [6, 6.07) is 22.1. The summed E-state index contributed by atoms with van der Waals surface area (Å²) in [4.78, 5) is 25.1. The summed E-state index contributed by atoms with van der Waals surface area (Å²) in [5.74, 6) is -0.393. The lowest BCUT2D eigenvalue weighted by Gasteiger charge is -2.09. The highest BCUT2D eigenvalue weighted by Gasteiger charge is 2.14. The molecule has 0 saturated carbocycles. The van der Waals surface area contributed by atoms with Crippen LogP contribution in [0.4, 0.5) is 0 Å². The lowest BCUT2D eigenvalue weighted by Crippen LogP contribution is -2.18. The molecule has 1 amide bonds. The van der Waals surface area contributed by atoms with Crippen LogP contribution in [0.3, 0.4) is 0 Å². The Labute approximate surface area is 203 Å². The van der Waals surface area contributed by atoms with Crippen molar-refractivity contribution >= 4 is 44.8 Å². The van der Waals surface area contributed by atoms with E-state index < -0.39 is 11.9 Å². The number of nitrogens with one attached hydrogen (secondary N) is 1. The third-order valence-electron chi connectivity index (χ3n) is 4.98. The van der Waals surface area contributed by atoms with Crippen LogP contribution in [0.25, 0.3) is 10.8 Å². The van der Waals surface area contributed by atoms with Crippen LogP contribution in [0.1, 0.15) is 26.3 Å². The number of esters is 1. The molecule has 0 aromatic heterocycles. The number of halogens is 1. The van der Waals surface area contributed by atoms with E-state index in [9.17, 15) is 14.7 Å². The van der Waals surface area contributed by atoms with Crippen LogP contribution in [0.2, 0.25) is 0 Å². The highest BCUT2D eigenvalue weighted by atomic mass is 79.9. The molecule has 0 aliphatic carbocycles. The fourth-order valence-electron chi connectivity index (χ4n) is 3.23. The van der Waals surface area contributed by atoms with Crippen molar-refractivity contribution < 1.29 is 24.2 Å². The molecule has 0 atom stereocenters. The second kappa shape index (κ2) is 10.2. The number of carbonyl (C=O) groups is 2. The minimum absolute atomic E-state index is 0.0937. The maximum Gasteiger partial charge on any atom is 0.343 e. The highest BCUT2D eigenvalue weighted by Crippen LogP contribution is 2.25. The number of amides is 1. The van der Waals surface area contributed by atoms with Crippen molar-refractivity contribution in [2.45, 2.75) is 0 Å². The van der Waals surface area contributed by atoms with Gasteiger partial charge in [-0.25, -0.2) is 10.2 Å². The molecule has 0 unspecified atom stereocenters. The number of ether oxygens (including phenoxy) is 2. The van der Waals surface area contributed by atoms with Crippen LogP contribution >= 0.6 is 15.9 Å². The molecule has 4 rings (SSSR count). The predicted molar refractivity (Wildman–Crippen MR) is 133 cm³/mol. The molecule has 0 bridgehead atoms. The number of aromatic hydroxyl groups is 1. The van der Waals surface area contributed by atoms with E-state index >= 15 is 0 Å². The van der Waals surface area contributed by atoms with Gasteiger partial charge in [0.05, 0.1) is 24.5 Å². The van der Waals surface area contributed by atoms with Crippen molar-refractivity contribution in [3.8, 4) is 17.2 Å². The molecule has 0 spiro atoms. The fraction of sp³-hybridized carbons (Fsp3) is 0.0385. The average molecular weight is 519 g/mol. The molecule has 4 aromatic rings. The molecule has 7 nitrogen and oxygen atoms in total. The zero-order valence-electron chi connectivity index (χ0n) is 18.0. The molecule has 0 aliphatic heterocycles. The largest absolute Gasteiger partial charge is 0.507 e. The van der Waals surface area contributed by atoms with E-state index in [2.05, 4.69) is 26.5 Å². The lowest BCUT2D eigenvalue weighted by atomic mass is 10.1. The Kier molecular flexibility index (Phi) is 6.89. The number of fused-ring (bicyclic) bond motifs is 1. The van der Waals surface area contributed by atoms with Gasteiger partial charge in [-0.15, -0.1) is 0 Å². The number of phenols is 1. The van der Waals surface area contributed by atoms with Crippen LogP contribution in [-0.4, -0.2) is 30.3 Å². The van der Waals surface area contributed by atoms with Crippen LogP contribution in [0.5, 0.6) is 17.2 Å². The molecule has 0 fully saturated rings. The van der Waals surface area contributed by atoms with Gasteiger partial charge in [0.1, 0.15) is 17.2 Å². The third kappa shape index (κ3) is 5.24. The van der Waals surface area contributed by atoms with E-state index in [4.69, 9.17) is 9.47 Å². The van der Waals surface area contributed by atoms with Gasteiger partial charge in [0.25, 0.3) is 5.91 Å². The average Bonchev–Trinajstić information content (AvgIpc) is 2.85. The number of methoxy groups -OCH3 is 1. The minimum Gasteiger partial charge on any atom is -0.507 e. The zero-order chi connectivity index (χ0) is 24.1. The molecule has 34 heavy (non-hydrogen) atoms. The SMILES string of the molecule is COc1ccc(C(=O)Oc2ccc(Br)cc2/C=N\NC(=O)c2cc3ccccc3cc2O)cc1. The fourth-order valence-corrected chi connectivity index (χ4v) is 3.61. The summed E-state index contributed by atoms with van der Waals surface area (Å²) in [6.45, 7) is 0. The smallest absolute Gasteiger partial charge is 0.343 e. The molecule has 0 aliphatic rings. The van der Waals surface area contributed by atoms with E-state index in [1.54, 1.807) is 55.6 Å². The van der Waals surface area contributed by atoms with Gasteiger partial charge >= 0.3 is 5.97 Å². The topological polar surface area (TPSA) is 97.2 Å². The second-order valence-electron chi connectivity index (χ2n) is 7.22. The molecular formula is C26H19BrN2O5. The molecule has 0 heterocycles. The Bertz CT molecular complexity index is 1400. The number of phenolic OH excluding ortho intramolecular Hbond substituents is 1. The van der Waals surface area contributed by atoms with Crippen molar-refractivity contribution in [1.29, 1.82) is 0 Å². The Morgan fingerprint density at radius 1 is 0.971 bits per heavy atom. The van der Waals surface area contributed by atoms with Gasteiger partial charge in [-0.3, -0.25) is 4.79 Å². The van der Waals surface area contributed by atoms with E-state index in [0.717, 1.165) is 15.2 Å². The van der Waals surface area contributed by atoms with E-state index in [0.29, 0.717) is 16.9 Å². The summed E-state index contributed by atoms with van der Waals surface area (Å²) >= 11 is 3.38. The molecule has 170 valence electrons. The van der Waals surface area contributed by atoms with Crippen molar-refractivity contribution in [2.75, 3.05) is 7.11 Å². The predicted octanol–water partition coefficient (Wildman–Crippen LogP) is 5.30. The van der Waals surface area contributed by atoms with Crippen LogP contribution in [0, 0.1) is 0 Å². The van der Waals surface area contributed by atoms with Crippen molar-refractivity contribution in [2.24, 2.45) is 5.10 Å². The molecule has 2 N–H and O–H groups in total. The molecule has 0 saturated heterocycles. The van der Waals surface area contributed by atoms with Gasteiger partial charge in [0, 0.05) is 10.0 Å². The van der Waals surface area contributed by atoms with Crippen molar-refractivity contribution in [1.82, 2.24) is 5.43 Å². The maximum absolute atomic E-state index is 12.6. The normalized spacial score (nSPS) is 10.9. The first-order valence-corrected chi connectivity index (χ1v) is 10.9. The number of rotatable bonds is 6. The number of nitrogens with zero attached hydrogens (tertiary/aromatic N) is 1. The van der Waals surface area contributed by atoms with Gasteiger partial charge in [-0.2, -0.15) is 5.10 Å². The summed E-state index contributed by atoms with van der Waals surface area (Å²) in [7, 11) is 1.54. The Morgan fingerprint density at radius 2 is 1.68 bits per heavy atom. The minimum atomic E-state index is -0.578. The lowest BCUT2D eigenvalue weighted by molar-refractivity contribution is 0.0734. The van der Waals surface area contributed by atoms with Crippen LogP contribution in [-0.2, 0) is 0 Å². The summed E-state index contributed by atoms with van der Waals surface area (Å²) in [5.41, 5.74) is 3.30. The molecule has 0 radical (unpaired) electrons. The third-order valence-corrected chi connectivity index (χ3v) is 5.47. The number of hydrazone groups is 1. The van der Waals surface area contributed by atoms with Crippen molar-refractivity contribution in [3.63, 3.8) is 0 Å². The summed E-state index contributed by atoms with van der Waals surface area (Å²) in [6.07, 6.45) is 1.36. The quantitative estimate of drug-likeness (QED) is 0.156. The van der Waals surface area contributed by atoms with Gasteiger partial charge in [-0.05, 0) is 65.4 Å². The Morgan fingerprint density at radius 3 is 2.38 bits per heavy atom. The molecule has 4 aromatic carbocycles. The van der Waals surface area contributed by atoms with Gasteiger partial charge in [0.15, 0.2) is 0 Å². The van der Waals surface area contributed by atoms with Crippen LogP contribution in [0.15, 0.2) is 88.4 Å². The molecular weight excluding hydrogens is 500 g/mol. The van der Waals surface area contributed by atoms with Crippen LogP contribution < -0.4 is 14.9 Å². The van der Waals surface area contributed by atoms with E-state index in [-0.39, 0.29) is 17.1 Å². The van der Waals surface area contributed by atoms with E-state index in [1.807, 2.05) is 24.3 Å². The van der Waals surface area contributed by atoms with Crippen molar-refractivity contribution in [3.05, 3.63) is 100 Å². The first-order valence-electron chi connectivity index (χ1n) is 10.2. The summed E-state index contributed by atoms with van der Waals surface area (Å²) in [5, 5.41) is 15.8. The number of benzene rings is 4. The zero-order valence-corrected chi connectivity index (χ0v) is 19.6. The first-order chi connectivity index (χ1) is 16.4. The number of hydrogen-bond donors (Lipinski definition) is 2. The highest BCUT2D eigenvalue weighted by molar-refractivity contribution is 9.10. The number of carbonyl (C=O) groups excluding carboxylic acids is 2. The molecule has 8 heteroatoms. The Hall–Kier alpha value is -4.17. The monoisotopic (exact) mass is 518 g/mol. The second-order valence-corrected chi connectivity index (χ2v) is 8.13. The maximum atomic E-state index is 12.6. The standard InChI is InChI=1S/C26H19BrN2O5/c1-33-21-9-6-16(7-10-21)26(32)34-24-11-8-20(27)12-19(24)15-28-29-25(31)22-13-17-4-2-3-5-18(17)14-23(22)30/h2-15,30H,1H3,(H,29,31)/b28-15-. The summed E-state index contributed by atoms with van der Waals surface area (Å²) < 4.78 is 11.4. The van der Waals surface area contributed by atoms with E-state index in [1.165, 1.54) is 12.3 Å².